The van der Waals surface area contributed by atoms with E-state index in [4.69, 9.17) is 9.97 Å². The number of imidazole rings is 1. The van der Waals surface area contributed by atoms with Gasteiger partial charge >= 0.3 is 0 Å². The molecule has 1 N–H and O–H groups in total. The summed E-state index contributed by atoms with van der Waals surface area (Å²) in [4.78, 5) is 24.5. The van der Waals surface area contributed by atoms with Crippen molar-refractivity contribution in [1.82, 2.24) is 19.9 Å². The molecule has 1 unspecified atom stereocenters. The third-order valence-corrected chi connectivity index (χ3v) is 6.59. The van der Waals surface area contributed by atoms with Crippen LogP contribution in [0, 0.1) is 6.92 Å². The standard InChI is InChI=1S/C31H28N6/c1-21-8-6-13-27(34-21)31-30(25-14-15-26-28(17-25)33-20-32-26)35-29(36-31)19-37(2)18-22-9-7-12-24(16-22)23-10-4-3-5-11-23/h3-17,20,28H,18-19H2,1-2H3,(H,35,36). The van der Waals surface area contributed by atoms with Crippen molar-refractivity contribution in [3.05, 3.63) is 114 Å². The van der Waals surface area contributed by atoms with Gasteiger partial charge in [-0.15, -0.1) is 0 Å². The first-order valence-corrected chi connectivity index (χ1v) is 12.5. The number of pyridine rings is 1. The van der Waals surface area contributed by atoms with E-state index >= 15 is 0 Å². The Morgan fingerprint density at radius 2 is 1.70 bits per heavy atom. The molecule has 1 atom stereocenters. The van der Waals surface area contributed by atoms with Gasteiger partial charge in [0.25, 0.3) is 0 Å². The molecule has 3 heterocycles. The van der Waals surface area contributed by atoms with Gasteiger partial charge in [-0.05, 0) is 61.0 Å². The quantitative estimate of drug-likeness (QED) is 0.356. The van der Waals surface area contributed by atoms with Crippen LogP contribution in [0.3, 0.4) is 0 Å². The minimum Gasteiger partial charge on any atom is -0.339 e. The number of nitrogens with one attached hydrogen (secondary N) is 1. The number of hydrogen-bond acceptors (Lipinski definition) is 5. The number of allylic oxidation sites excluding steroid dienone is 2. The molecule has 2 aliphatic rings. The SMILES string of the molecule is Cc1cccc(-c2[nH]c(CN(C)Cc3cccc(-c4ccccc4)c3)nc2C2=CC3N=CN=C3C=C2)n1. The maximum absolute atomic E-state index is 5.05. The fraction of sp³-hybridized carbons (Fsp3) is 0.161. The maximum Gasteiger partial charge on any atom is 0.121 e. The molecule has 0 fully saturated rings. The number of rotatable bonds is 7. The normalized spacial score (nSPS) is 16.1. The molecule has 1 aliphatic heterocycles. The zero-order valence-corrected chi connectivity index (χ0v) is 21.0. The smallest absolute Gasteiger partial charge is 0.121 e. The van der Waals surface area contributed by atoms with Gasteiger partial charge in [-0.3, -0.25) is 14.9 Å². The number of aryl methyl sites for hydroxylation is 1. The third-order valence-electron chi connectivity index (χ3n) is 6.59. The van der Waals surface area contributed by atoms with Crippen LogP contribution in [-0.2, 0) is 13.1 Å². The van der Waals surface area contributed by atoms with Gasteiger partial charge in [-0.1, -0.05) is 60.7 Å². The summed E-state index contributed by atoms with van der Waals surface area (Å²) >= 11 is 0. The van der Waals surface area contributed by atoms with E-state index in [0.717, 1.165) is 46.4 Å². The summed E-state index contributed by atoms with van der Waals surface area (Å²) in [5, 5.41) is 0. The molecule has 6 rings (SSSR count). The number of nitrogens with zero attached hydrogens (tertiary/aromatic N) is 5. The zero-order valence-electron chi connectivity index (χ0n) is 21.0. The summed E-state index contributed by atoms with van der Waals surface area (Å²) in [5.41, 5.74) is 9.39. The molecule has 0 spiro atoms. The number of aromatic amines is 1. The third kappa shape index (κ3) is 4.97. The Balaban J connectivity index is 1.27. The fourth-order valence-corrected chi connectivity index (χ4v) is 4.83. The van der Waals surface area contributed by atoms with Gasteiger partial charge in [0.05, 0.1) is 29.3 Å². The Bertz CT molecular complexity index is 1560. The molecular weight excluding hydrogens is 456 g/mol. The molecule has 37 heavy (non-hydrogen) atoms. The molecule has 6 heteroatoms. The van der Waals surface area contributed by atoms with Crippen molar-refractivity contribution in [2.45, 2.75) is 26.1 Å². The molecule has 0 amide bonds. The highest BCUT2D eigenvalue weighted by Gasteiger charge is 2.23. The average molecular weight is 485 g/mol. The second-order valence-electron chi connectivity index (χ2n) is 9.53. The Labute approximate surface area is 216 Å². The number of hydrogen-bond donors (Lipinski definition) is 1. The molecular formula is C31H28N6. The van der Waals surface area contributed by atoms with E-state index in [2.05, 4.69) is 87.6 Å². The highest BCUT2D eigenvalue weighted by Crippen LogP contribution is 2.30. The van der Waals surface area contributed by atoms with Crippen molar-refractivity contribution in [2.24, 2.45) is 9.98 Å². The minimum absolute atomic E-state index is 0.0435. The Hall–Kier alpha value is -4.42. The molecule has 0 saturated carbocycles. The van der Waals surface area contributed by atoms with Crippen molar-refractivity contribution in [1.29, 1.82) is 0 Å². The van der Waals surface area contributed by atoms with Crippen LogP contribution < -0.4 is 0 Å². The van der Waals surface area contributed by atoms with Crippen LogP contribution in [0.2, 0.25) is 0 Å². The van der Waals surface area contributed by atoms with E-state index in [1.165, 1.54) is 16.7 Å². The van der Waals surface area contributed by atoms with Crippen molar-refractivity contribution >= 4 is 17.6 Å². The van der Waals surface area contributed by atoms with E-state index in [0.29, 0.717) is 6.54 Å². The Morgan fingerprint density at radius 3 is 2.57 bits per heavy atom. The van der Waals surface area contributed by atoms with Crippen molar-refractivity contribution in [2.75, 3.05) is 7.05 Å². The molecule has 2 aromatic heterocycles. The van der Waals surface area contributed by atoms with Gasteiger partial charge in [-0.25, -0.2) is 9.98 Å². The van der Waals surface area contributed by atoms with Crippen LogP contribution in [0.15, 0.2) is 101 Å². The van der Waals surface area contributed by atoms with Crippen LogP contribution >= 0.6 is 0 Å². The number of benzene rings is 2. The summed E-state index contributed by atoms with van der Waals surface area (Å²) in [6.45, 7) is 3.50. The predicted octanol–water partition coefficient (Wildman–Crippen LogP) is 5.88. The lowest BCUT2D eigenvalue weighted by Gasteiger charge is -2.16. The van der Waals surface area contributed by atoms with Crippen LogP contribution in [0.5, 0.6) is 0 Å². The summed E-state index contributed by atoms with van der Waals surface area (Å²) < 4.78 is 0. The van der Waals surface area contributed by atoms with Gasteiger partial charge in [0.1, 0.15) is 18.2 Å². The Morgan fingerprint density at radius 1 is 0.865 bits per heavy atom. The number of H-pyrrole nitrogens is 1. The predicted molar refractivity (Wildman–Crippen MR) is 150 cm³/mol. The first kappa shape index (κ1) is 23.0. The largest absolute Gasteiger partial charge is 0.339 e. The van der Waals surface area contributed by atoms with E-state index < -0.39 is 0 Å². The molecule has 4 aromatic rings. The monoisotopic (exact) mass is 484 g/mol. The summed E-state index contributed by atoms with van der Waals surface area (Å²) in [5.74, 6) is 0.902. The molecule has 1 aliphatic carbocycles. The topological polar surface area (TPSA) is 69.5 Å². The van der Waals surface area contributed by atoms with Crippen molar-refractivity contribution in [3.8, 4) is 22.5 Å². The van der Waals surface area contributed by atoms with Crippen LogP contribution in [0.1, 0.15) is 22.8 Å². The highest BCUT2D eigenvalue weighted by atomic mass is 15.1. The lowest BCUT2D eigenvalue weighted by Crippen LogP contribution is -2.18. The van der Waals surface area contributed by atoms with E-state index in [-0.39, 0.29) is 6.04 Å². The first-order valence-electron chi connectivity index (χ1n) is 12.5. The average Bonchev–Trinajstić information content (AvgIpc) is 3.56. The van der Waals surface area contributed by atoms with Crippen molar-refractivity contribution < 1.29 is 0 Å². The lowest BCUT2D eigenvalue weighted by molar-refractivity contribution is 0.311. The molecule has 0 radical (unpaired) electrons. The van der Waals surface area contributed by atoms with Crippen LogP contribution in [-0.4, -0.2) is 45.0 Å². The first-order chi connectivity index (χ1) is 18.1. The minimum atomic E-state index is -0.0435. The zero-order chi connectivity index (χ0) is 25.2. The van der Waals surface area contributed by atoms with Gasteiger partial charge in [0.15, 0.2) is 0 Å². The number of fused-ring (bicyclic) bond motifs is 1. The van der Waals surface area contributed by atoms with Crippen molar-refractivity contribution in [3.63, 3.8) is 0 Å². The number of aromatic nitrogens is 3. The fourth-order valence-electron chi connectivity index (χ4n) is 4.83. The number of aliphatic imine (C=N–C) groups is 2. The molecule has 0 bridgehead atoms. The van der Waals surface area contributed by atoms with Gasteiger partial charge < -0.3 is 4.98 Å². The van der Waals surface area contributed by atoms with E-state index in [1.54, 1.807) is 6.34 Å². The van der Waals surface area contributed by atoms with E-state index in [1.807, 2.05) is 37.3 Å². The van der Waals surface area contributed by atoms with Gasteiger partial charge in [0, 0.05) is 17.8 Å². The van der Waals surface area contributed by atoms with Gasteiger partial charge in [0.2, 0.25) is 0 Å². The molecule has 2 aromatic carbocycles. The molecule has 182 valence electrons. The Kier molecular flexibility index (Phi) is 6.16. The summed E-state index contributed by atoms with van der Waals surface area (Å²) in [7, 11) is 2.12. The van der Waals surface area contributed by atoms with Crippen LogP contribution in [0.25, 0.3) is 28.1 Å². The molecule has 6 nitrogen and oxygen atoms in total. The lowest BCUT2D eigenvalue weighted by atomic mass is 9.98. The van der Waals surface area contributed by atoms with E-state index in [9.17, 15) is 0 Å². The summed E-state index contributed by atoms with van der Waals surface area (Å²) in [6.07, 6.45) is 7.85. The molecule has 0 saturated heterocycles. The summed E-state index contributed by atoms with van der Waals surface area (Å²) in [6, 6.07) is 25.3. The second-order valence-corrected chi connectivity index (χ2v) is 9.53. The maximum atomic E-state index is 5.05. The second kappa shape index (κ2) is 9.91. The highest BCUT2D eigenvalue weighted by molar-refractivity contribution is 6.11. The van der Waals surface area contributed by atoms with Gasteiger partial charge in [-0.2, -0.15) is 0 Å². The van der Waals surface area contributed by atoms with Crippen LogP contribution in [0.4, 0.5) is 0 Å².